The molecule has 1 aromatic rings. The van der Waals surface area contributed by atoms with Crippen LogP contribution in [0.5, 0.6) is 0 Å². The molecular formula is C16H21BrN2O3. The monoisotopic (exact) mass is 368 g/mol. The third-order valence-electron chi connectivity index (χ3n) is 4.33. The Morgan fingerprint density at radius 2 is 2.14 bits per heavy atom. The Morgan fingerprint density at radius 1 is 1.36 bits per heavy atom. The minimum Gasteiger partial charge on any atom is -0.452 e. The third-order valence-corrected chi connectivity index (χ3v) is 4.76. The maximum atomic E-state index is 12.0. The number of carbonyl (C=O) groups is 2. The minimum atomic E-state index is -0.547. The second-order valence-electron chi connectivity index (χ2n) is 5.91. The van der Waals surface area contributed by atoms with E-state index in [-0.39, 0.29) is 18.6 Å². The SMILES string of the molecule is C[C@H]1[C@@H](NC(=O)COC(=O)c2cncc(Br)c2)CCC[C@@H]1C. The Bertz CT molecular complexity index is 550. The summed E-state index contributed by atoms with van der Waals surface area (Å²) in [5, 5.41) is 2.98. The van der Waals surface area contributed by atoms with Gasteiger partial charge in [-0.25, -0.2) is 4.79 Å². The Hall–Kier alpha value is -1.43. The summed E-state index contributed by atoms with van der Waals surface area (Å²) in [7, 11) is 0. The number of halogens is 1. The van der Waals surface area contributed by atoms with Gasteiger partial charge in [0, 0.05) is 22.9 Å². The van der Waals surface area contributed by atoms with E-state index in [0.29, 0.717) is 21.9 Å². The quantitative estimate of drug-likeness (QED) is 0.829. The van der Waals surface area contributed by atoms with Crippen molar-refractivity contribution in [3.8, 4) is 0 Å². The molecule has 6 heteroatoms. The van der Waals surface area contributed by atoms with Crippen molar-refractivity contribution in [2.45, 2.75) is 39.2 Å². The standard InChI is InChI=1S/C16H21BrN2O3/c1-10-4-3-5-14(11(10)2)19-15(20)9-22-16(21)12-6-13(17)8-18-7-12/h6-8,10-11,14H,3-5,9H2,1-2H3,(H,19,20)/t10-,11+,14-/m0/s1. The summed E-state index contributed by atoms with van der Waals surface area (Å²) in [4.78, 5) is 27.7. The van der Waals surface area contributed by atoms with Crippen LogP contribution in [0.1, 0.15) is 43.5 Å². The first-order valence-electron chi connectivity index (χ1n) is 7.54. The van der Waals surface area contributed by atoms with Crippen LogP contribution in [0.25, 0.3) is 0 Å². The number of amides is 1. The number of hydrogen-bond acceptors (Lipinski definition) is 4. The molecule has 1 heterocycles. The van der Waals surface area contributed by atoms with Crippen molar-refractivity contribution >= 4 is 27.8 Å². The number of ether oxygens (including phenoxy) is 1. The molecule has 0 aliphatic heterocycles. The summed E-state index contributed by atoms with van der Waals surface area (Å²) in [5.74, 6) is 0.258. The lowest BCUT2D eigenvalue weighted by Gasteiger charge is -2.34. The lowest BCUT2D eigenvalue weighted by atomic mass is 9.78. The lowest BCUT2D eigenvalue weighted by molar-refractivity contribution is -0.125. The van der Waals surface area contributed by atoms with Gasteiger partial charge in [0.15, 0.2) is 6.61 Å². The molecule has 0 spiro atoms. The van der Waals surface area contributed by atoms with Crippen LogP contribution in [0, 0.1) is 11.8 Å². The number of aromatic nitrogens is 1. The Balaban J connectivity index is 1.81. The fourth-order valence-electron chi connectivity index (χ4n) is 2.77. The van der Waals surface area contributed by atoms with Gasteiger partial charge in [-0.2, -0.15) is 0 Å². The second kappa shape index (κ2) is 7.72. The van der Waals surface area contributed by atoms with Crippen molar-refractivity contribution in [2.24, 2.45) is 11.8 Å². The summed E-state index contributed by atoms with van der Waals surface area (Å²) >= 11 is 3.24. The average molecular weight is 369 g/mol. The van der Waals surface area contributed by atoms with Crippen LogP contribution in [0.15, 0.2) is 22.9 Å². The smallest absolute Gasteiger partial charge is 0.340 e. The van der Waals surface area contributed by atoms with E-state index in [2.05, 4.69) is 40.1 Å². The molecule has 5 nitrogen and oxygen atoms in total. The number of nitrogens with one attached hydrogen (secondary N) is 1. The van der Waals surface area contributed by atoms with Crippen molar-refractivity contribution in [1.82, 2.24) is 10.3 Å². The van der Waals surface area contributed by atoms with Crippen LogP contribution in [0.3, 0.4) is 0 Å². The van der Waals surface area contributed by atoms with Gasteiger partial charge in [-0.3, -0.25) is 9.78 Å². The number of carbonyl (C=O) groups excluding carboxylic acids is 2. The van der Waals surface area contributed by atoms with E-state index in [1.807, 2.05) is 0 Å². The molecule has 1 aliphatic carbocycles. The second-order valence-corrected chi connectivity index (χ2v) is 6.82. The van der Waals surface area contributed by atoms with Gasteiger partial charge in [0.1, 0.15) is 0 Å². The molecule has 0 unspecified atom stereocenters. The van der Waals surface area contributed by atoms with E-state index in [0.717, 1.165) is 12.8 Å². The van der Waals surface area contributed by atoms with Gasteiger partial charge >= 0.3 is 5.97 Å². The van der Waals surface area contributed by atoms with Crippen LogP contribution in [0.4, 0.5) is 0 Å². The highest BCUT2D eigenvalue weighted by atomic mass is 79.9. The van der Waals surface area contributed by atoms with Crippen molar-refractivity contribution in [3.63, 3.8) is 0 Å². The Kier molecular flexibility index (Phi) is 5.94. The highest BCUT2D eigenvalue weighted by Gasteiger charge is 2.28. The molecule has 120 valence electrons. The summed E-state index contributed by atoms with van der Waals surface area (Å²) in [5.41, 5.74) is 0.321. The molecule has 0 bridgehead atoms. The predicted octanol–water partition coefficient (Wildman–Crippen LogP) is 2.94. The molecule has 1 amide bonds. The number of hydrogen-bond donors (Lipinski definition) is 1. The molecule has 1 fully saturated rings. The zero-order valence-corrected chi connectivity index (χ0v) is 14.4. The number of nitrogens with zero attached hydrogens (tertiary/aromatic N) is 1. The molecule has 22 heavy (non-hydrogen) atoms. The first-order chi connectivity index (χ1) is 10.5. The molecule has 1 aliphatic rings. The van der Waals surface area contributed by atoms with E-state index in [1.165, 1.54) is 12.6 Å². The van der Waals surface area contributed by atoms with E-state index in [4.69, 9.17) is 4.74 Å². The third kappa shape index (κ3) is 4.53. The zero-order valence-electron chi connectivity index (χ0n) is 12.8. The maximum absolute atomic E-state index is 12.0. The summed E-state index contributed by atoms with van der Waals surface area (Å²) < 4.78 is 5.73. The van der Waals surface area contributed by atoms with E-state index < -0.39 is 5.97 Å². The molecule has 0 saturated heterocycles. The van der Waals surface area contributed by atoms with Crippen LogP contribution in [0.2, 0.25) is 0 Å². The van der Waals surface area contributed by atoms with Crippen LogP contribution < -0.4 is 5.32 Å². The summed E-state index contributed by atoms with van der Waals surface area (Å²) in [6, 6.07) is 1.78. The minimum absolute atomic E-state index is 0.169. The predicted molar refractivity (Wildman–Crippen MR) is 86.3 cm³/mol. The Morgan fingerprint density at radius 3 is 2.86 bits per heavy atom. The van der Waals surface area contributed by atoms with Crippen LogP contribution in [-0.4, -0.2) is 29.5 Å². The average Bonchev–Trinajstić information content (AvgIpc) is 2.49. The van der Waals surface area contributed by atoms with Gasteiger partial charge in [-0.1, -0.05) is 26.7 Å². The highest BCUT2D eigenvalue weighted by Crippen LogP contribution is 2.29. The summed E-state index contributed by atoms with van der Waals surface area (Å²) in [6.45, 7) is 4.11. The van der Waals surface area contributed by atoms with Crippen molar-refractivity contribution in [1.29, 1.82) is 0 Å². The summed E-state index contributed by atoms with van der Waals surface area (Å²) in [6.07, 6.45) is 6.31. The van der Waals surface area contributed by atoms with Gasteiger partial charge in [0.05, 0.1) is 5.56 Å². The van der Waals surface area contributed by atoms with Gasteiger partial charge in [0.25, 0.3) is 5.91 Å². The topological polar surface area (TPSA) is 68.3 Å². The van der Waals surface area contributed by atoms with E-state index in [9.17, 15) is 9.59 Å². The maximum Gasteiger partial charge on any atom is 0.340 e. The fraction of sp³-hybridized carbons (Fsp3) is 0.562. The Labute approximate surface area is 139 Å². The largest absolute Gasteiger partial charge is 0.452 e. The lowest BCUT2D eigenvalue weighted by Crippen LogP contribution is -2.45. The van der Waals surface area contributed by atoms with Gasteiger partial charge in [-0.15, -0.1) is 0 Å². The van der Waals surface area contributed by atoms with Gasteiger partial charge in [0.2, 0.25) is 0 Å². The van der Waals surface area contributed by atoms with Gasteiger partial charge < -0.3 is 10.1 Å². The number of esters is 1. The van der Waals surface area contributed by atoms with Crippen molar-refractivity contribution in [2.75, 3.05) is 6.61 Å². The number of pyridine rings is 1. The number of rotatable bonds is 4. The fourth-order valence-corrected chi connectivity index (χ4v) is 3.14. The molecule has 0 aromatic carbocycles. The molecule has 1 aromatic heterocycles. The zero-order chi connectivity index (χ0) is 16.1. The van der Waals surface area contributed by atoms with E-state index >= 15 is 0 Å². The normalized spacial score (nSPS) is 24.6. The highest BCUT2D eigenvalue weighted by molar-refractivity contribution is 9.10. The molecule has 1 saturated carbocycles. The molecule has 3 atom stereocenters. The van der Waals surface area contributed by atoms with Crippen molar-refractivity contribution < 1.29 is 14.3 Å². The first-order valence-corrected chi connectivity index (χ1v) is 8.33. The molecule has 0 radical (unpaired) electrons. The van der Waals surface area contributed by atoms with Gasteiger partial charge in [-0.05, 0) is 40.3 Å². The van der Waals surface area contributed by atoms with Crippen LogP contribution in [-0.2, 0) is 9.53 Å². The van der Waals surface area contributed by atoms with Crippen LogP contribution >= 0.6 is 15.9 Å². The molecule has 2 rings (SSSR count). The molecule has 1 N–H and O–H groups in total. The molecular weight excluding hydrogens is 348 g/mol. The van der Waals surface area contributed by atoms with E-state index in [1.54, 1.807) is 12.3 Å². The first kappa shape index (κ1) is 16.9. The van der Waals surface area contributed by atoms with Crippen molar-refractivity contribution in [3.05, 3.63) is 28.5 Å².